The smallest absolute Gasteiger partial charge is 0.272 e. The SMILES string of the molecule is O=S(=O)(Nc1n[nH]c2cc(Cl)c(-c3ccccc3)cc12)c1ccc(-c2ccon2)s1.O=S(=O)(Nc1n[nH]c2cc(Cl)c(-c3ccccc3)cc12)c1ccc(F)cc1. The first kappa shape index (κ1) is 37.9. The predicted octanol–water partition coefficient (Wildman–Crippen LogP) is 10.2. The Morgan fingerprint density at radius 3 is 1.67 bits per heavy atom. The number of benzene rings is 5. The largest absolute Gasteiger partial charge is 0.364 e. The summed E-state index contributed by atoms with van der Waals surface area (Å²) in [6, 6.07) is 35.6. The zero-order valence-electron chi connectivity index (χ0n) is 28.9. The fourth-order valence-corrected chi connectivity index (χ4v) is 9.69. The number of fused-ring (bicyclic) bond motifs is 2. The minimum absolute atomic E-state index is 0.0581. The number of anilines is 2. The van der Waals surface area contributed by atoms with Crippen molar-refractivity contribution in [2.45, 2.75) is 9.10 Å². The third kappa shape index (κ3) is 7.99. The zero-order chi connectivity index (χ0) is 39.7. The molecule has 4 aromatic heterocycles. The molecule has 0 atom stereocenters. The van der Waals surface area contributed by atoms with Crippen molar-refractivity contribution in [2.75, 3.05) is 9.44 Å². The molecule has 57 heavy (non-hydrogen) atoms. The van der Waals surface area contributed by atoms with Crippen LogP contribution in [0.25, 0.3) is 54.6 Å². The van der Waals surface area contributed by atoms with Gasteiger partial charge in [-0.25, -0.2) is 21.2 Å². The lowest BCUT2D eigenvalue weighted by Crippen LogP contribution is -2.13. The van der Waals surface area contributed by atoms with Crippen molar-refractivity contribution < 1.29 is 25.7 Å². The Hall–Kier alpha value is -6.04. The van der Waals surface area contributed by atoms with Crippen LogP contribution in [-0.4, -0.2) is 42.4 Å². The van der Waals surface area contributed by atoms with Crippen LogP contribution in [-0.2, 0) is 20.0 Å². The molecule has 0 aliphatic heterocycles. The van der Waals surface area contributed by atoms with E-state index in [1.807, 2.05) is 66.7 Å². The van der Waals surface area contributed by atoms with Gasteiger partial charge >= 0.3 is 0 Å². The van der Waals surface area contributed by atoms with Crippen molar-refractivity contribution >= 4 is 88.0 Å². The van der Waals surface area contributed by atoms with Gasteiger partial charge in [-0.05, 0) is 71.8 Å². The van der Waals surface area contributed by atoms with Gasteiger partial charge in [0.05, 0.1) is 30.9 Å². The molecule has 0 saturated carbocycles. The van der Waals surface area contributed by atoms with Crippen LogP contribution in [0.4, 0.5) is 16.0 Å². The molecule has 0 saturated heterocycles. The van der Waals surface area contributed by atoms with Gasteiger partial charge in [0.25, 0.3) is 20.0 Å². The molecule has 5 aromatic carbocycles. The average Bonchev–Trinajstić information content (AvgIpc) is 4.04. The van der Waals surface area contributed by atoms with E-state index in [9.17, 15) is 21.2 Å². The lowest BCUT2D eigenvalue weighted by molar-refractivity contribution is 0.422. The molecule has 4 N–H and O–H groups in total. The molecule has 0 fully saturated rings. The molecule has 18 heteroatoms. The first-order valence-corrected chi connectivity index (χ1v) is 21.3. The number of halogens is 3. The Kier molecular flexibility index (Phi) is 10.3. The second kappa shape index (κ2) is 15.5. The maximum absolute atomic E-state index is 13.1. The summed E-state index contributed by atoms with van der Waals surface area (Å²) >= 11 is 13.9. The first-order chi connectivity index (χ1) is 27.4. The van der Waals surface area contributed by atoms with E-state index >= 15 is 0 Å². The number of H-pyrrole nitrogens is 2. The normalized spacial score (nSPS) is 11.7. The number of nitrogens with zero attached hydrogens (tertiary/aromatic N) is 3. The molecule has 0 aliphatic rings. The molecule has 0 bridgehead atoms. The van der Waals surface area contributed by atoms with E-state index < -0.39 is 25.9 Å². The Balaban J connectivity index is 0.000000161. The number of hydrogen-bond donors (Lipinski definition) is 4. The standard InChI is InChI=1S/C20H13ClN4O3S2.C19H13ClFN3O2S/c21-15-11-17-14(10-13(15)12-4-2-1-3-5-12)20(23-22-17)25-30(26,27)19-7-6-18(29-19)16-8-9-28-24-16;20-17-11-18-16(10-15(17)12-4-2-1-3-5-12)19(23-22-18)24-27(25,26)14-8-6-13(21)7-9-14/h1-11H,(H2,22,23,25);1-11H,(H2,22,23,24). The Morgan fingerprint density at radius 2 is 1.16 bits per heavy atom. The summed E-state index contributed by atoms with van der Waals surface area (Å²) in [5.41, 5.74) is 5.18. The lowest BCUT2D eigenvalue weighted by Gasteiger charge is -2.08. The Bertz CT molecular complexity index is 3090. The number of sulfonamides is 2. The van der Waals surface area contributed by atoms with Crippen molar-refractivity contribution in [3.63, 3.8) is 0 Å². The van der Waals surface area contributed by atoms with Gasteiger partial charge in [0.1, 0.15) is 22.0 Å². The molecule has 0 radical (unpaired) electrons. The number of thiophene rings is 1. The Labute approximate surface area is 338 Å². The number of hydrogen-bond acceptors (Lipinski definition) is 9. The van der Waals surface area contributed by atoms with E-state index in [4.69, 9.17) is 27.7 Å². The van der Waals surface area contributed by atoms with E-state index in [0.717, 1.165) is 45.7 Å². The summed E-state index contributed by atoms with van der Waals surface area (Å²) < 4.78 is 74.0. The molecular formula is C39H26Cl2FN7O5S3. The summed E-state index contributed by atoms with van der Waals surface area (Å²) in [5, 5.41) is 19.9. The van der Waals surface area contributed by atoms with Crippen molar-refractivity contribution in [1.29, 1.82) is 0 Å². The highest BCUT2D eigenvalue weighted by molar-refractivity contribution is 7.94. The zero-order valence-corrected chi connectivity index (χ0v) is 32.9. The van der Waals surface area contributed by atoms with E-state index in [2.05, 4.69) is 35.0 Å². The fourth-order valence-electron chi connectivity index (χ4n) is 5.83. The van der Waals surface area contributed by atoms with Crippen LogP contribution in [0.1, 0.15) is 0 Å². The summed E-state index contributed by atoms with van der Waals surface area (Å²) in [6.07, 6.45) is 1.44. The molecule has 0 amide bonds. The monoisotopic (exact) mass is 857 g/mol. The van der Waals surface area contributed by atoms with Crippen LogP contribution in [0.5, 0.6) is 0 Å². The van der Waals surface area contributed by atoms with Gasteiger partial charge in [-0.2, -0.15) is 10.2 Å². The second-order valence-electron chi connectivity index (χ2n) is 12.3. The van der Waals surface area contributed by atoms with Crippen LogP contribution in [0.2, 0.25) is 10.0 Å². The third-order valence-electron chi connectivity index (χ3n) is 8.59. The van der Waals surface area contributed by atoms with Crippen molar-refractivity contribution in [3.05, 3.63) is 150 Å². The maximum atomic E-state index is 13.1. The van der Waals surface area contributed by atoms with Gasteiger partial charge < -0.3 is 4.52 Å². The minimum Gasteiger partial charge on any atom is -0.364 e. The molecule has 12 nitrogen and oxygen atoms in total. The van der Waals surface area contributed by atoms with Gasteiger partial charge in [0.15, 0.2) is 11.6 Å². The van der Waals surface area contributed by atoms with Gasteiger partial charge in [0.2, 0.25) is 0 Å². The lowest BCUT2D eigenvalue weighted by atomic mass is 10.0. The fraction of sp³-hybridized carbons (Fsp3) is 0. The van der Waals surface area contributed by atoms with Crippen molar-refractivity contribution in [1.82, 2.24) is 25.6 Å². The third-order valence-corrected chi connectivity index (χ3v) is 13.5. The highest BCUT2D eigenvalue weighted by atomic mass is 35.5. The number of nitrogens with one attached hydrogen (secondary N) is 4. The van der Waals surface area contributed by atoms with E-state index in [1.54, 1.807) is 30.3 Å². The van der Waals surface area contributed by atoms with Crippen molar-refractivity contribution in [2.24, 2.45) is 0 Å². The highest BCUT2D eigenvalue weighted by Crippen LogP contribution is 2.37. The van der Waals surface area contributed by atoms with E-state index in [-0.39, 0.29) is 20.7 Å². The molecule has 0 unspecified atom stereocenters. The summed E-state index contributed by atoms with van der Waals surface area (Å²) in [7, 11) is -7.75. The van der Waals surface area contributed by atoms with Crippen LogP contribution in [0, 0.1) is 5.82 Å². The molecule has 0 aliphatic carbocycles. The minimum atomic E-state index is -3.91. The number of rotatable bonds is 9. The highest BCUT2D eigenvalue weighted by Gasteiger charge is 2.22. The van der Waals surface area contributed by atoms with Gasteiger partial charge in [-0.1, -0.05) is 89.0 Å². The molecule has 9 rings (SSSR count). The topological polar surface area (TPSA) is 176 Å². The van der Waals surface area contributed by atoms with Crippen LogP contribution >= 0.6 is 34.5 Å². The van der Waals surface area contributed by atoms with Crippen molar-refractivity contribution in [3.8, 4) is 32.8 Å². The molecule has 286 valence electrons. The molecular weight excluding hydrogens is 833 g/mol. The van der Waals surface area contributed by atoms with Gasteiger partial charge in [-0.3, -0.25) is 19.6 Å². The molecule has 9 aromatic rings. The van der Waals surface area contributed by atoms with E-state index in [0.29, 0.717) is 42.4 Å². The van der Waals surface area contributed by atoms with Crippen LogP contribution in [0.3, 0.4) is 0 Å². The van der Waals surface area contributed by atoms with Gasteiger partial charge in [0, 0.05) is 28.0 Å². The first-order valence-electron chi connectivity index (χ1n) is 16.7. The second-order valence-corrected chi connectivity index (χ2v) is 17.8. The van der Waals surface area contributed by atoms with Crippen LogP contribution < -0.4 is 9.44 Å². The summed E-state index contributed by atoms with van der Waals surface area (Å²) in [4.78, 5) is 0.631. The summed E-state index contributed by atoms with van der Waals surface area (Å²) in [5.74, 6) is -0.167. The predicted molar refractivity (Wildman–Crippen MR) is 221 cm³/mol. The average molecular weight is 859 g/mol. The summed E-state index contributed by atoms with van der Waals surface area (Å²) in [6.45, 7) is 0. The Morgan fingerprint density at radius 1 is 0.632 bits per heavy atom. The van der Waals surface area contributed by atoms with E-state index in [1.165, 1.54) is 24.5 Å². The van der Waals surface area contributed by atoms with Crippen LogP contribution in [0.15, 0.2) is 147 Å². The number of aromatic nitrogens is 5. The van der Waals surface area contributed by atoms with Gasteiger partial charge in [-0.15, -0.1) is 11.3 Å². The number of aromatic amines is 2. The molecule has 0 spiro atoms. The quantitative estimate of drug-likeness (QED) is 0.111. The molecule has 4 heterocycles. The maximum Gasteiger partial charge on any atom is 0.272 e.